The zero-order valence-electron chi connectivity index (χ0n) is 22.5. The van der Waals surface area contributed by atoms with Crippen molar-refractivity contribution in [2.24, 2.45) is 0 Å². The number of amides is 3. The first kappa shape index (κ1) is 27.9. The van der Waals surface area contributed by atoms with Crippen molar-refractivity contribution in [3.05, 3.63) is 119 Å². The van der Waals surface area contributed by atoms with Crippen molar-refractivity contribution in [1.82, 2.24) is 5.32 Å². The molecule has 0 heterocycles. The molecule has 0 unspecified atom stereocenters. The highest BCUT2D eigenvalue weighted by atomic mass is 16.5. The summed E-state index contributed by atoms with van der Waals surface area (Å²) in [6.07, 6.45) is 0.184. The molecule has 204 valence electrons. The van der Waals surface area contributed by atoms with Crippen LogP contribution in [0.4, 0.5) is 11.4 Å². The van der Waals surface area contributed by atoms with Crippen LogP contribution in [0.15, 0.2) is 91.0 Å². The Hall–Kier alpha value is -5.11. The zero-order valence-corrected chi connectivity index (χ0v) is 22.5. The molecule has 0 saturated heterocycles. The van der Waals surface area contributed by atoms with Crippen LogP contribution in [0.5, 0.6) is 11.5 Å². The molecule has 0 aliphatic rings. The third-order valence-corrected chi connectivity index (χ3v) is 6.41. The maximum Gasteiger partial charge on any atom is 0.255 e. The van der Waals surface area contributed by atoms with Crippen molar-refractivity contribution in [3.63, 3.8) is 0 Å². The molecule has 0 spiro atoms. The molecular weight excluding hydrogens is 506 g/mol. The minimum atomic E-state index is -0.942. The second-order valence-corrected chi connectivity index (χ2v) is 9.43. The van der Waals surface area contributed by atoms with Crippen molar-refractivity contribution in [3.8, 4) is 11.5 Å². The van der Waals surface area contributed by atoms with E-state index in [1.54, 1.807) is 67.8 Å². The number of benzene rings is 4. The van der Waals surface area contributed by atoms with Crippen molar-refractivity contribution >= 4 is 29.1 Å². The highest BCUT2D eigenvalue weighted by Gasteiger charge is 2.24. The summed E-state index contributed by atoms with van der Waals surface area (Å²) in [6.45, 7) is 3.87. The third-order valence-electron chi connectivity index (χ3n) is 6.41. The molecule has 0 bridgehead atoms. The number of rotatable bonds is 9. The van der Waals surface area contributed by atoms with Crippen LogP contribution in [0, 0.1) is 13.8 Å². The Morgan fingerprint density at radius 2 is 1.50 bits per heavy atom. The van der Waals surface area contributed by atoms with E-state index in [4.69, 9.17) is 4.74 Å². The zero-order chi connectivity index (χ0) is 28.6. The first-order chi connectivity index (χ1) is 19.2. The average Bonchev–Trinajstić information content (AvgIpc) is 2.95. The standard InChI is InChI=1S/C32H31N3O5/c1-20-8-17-27(21(2)18-20)33-32(39)29(19-22-9-13-24(36)14-10-22)35-31(38)26-6-4-5-7-28(26)34-30(37)23-11-15-25(40-3)16-12-23/h4-18,29,36H,19H2,1-3H3,(H,33,39)(H,34,37)(H,35,38)/t29-/m1/s1. The molecule has 4 rings (SSSR count). The van der Waals surface area contributed by atoms with Gasteiger partial charge in [0, 0.05) is 17.7 Å². The topological polar surface area (TPSA) is 117 Å². The molecule has 0 aromatic heterocycles. The highest BCUT2D eigenvalue weighted by Crippen LogP contribution is 2.20. The fraction of sp³-hybridized carbons (Fsp3) is 0.156. The first-order valence-electron chi connectivity index (χ1n) is 12.7. The van der Waals surface area contributed by atoms with Crippen LogP contribution in [0.1, 0.15) is 37.4 Å². The van der Waals surface area contributed by atoms with Gasteiger partial charge in [0.2, 0.25) is 5.91 Å². The third kappa shape index (κ3) is 7.05. The number of carbonyl (C=O) groups excluding carboxylic acids is 3. The van der Waals surface area contributed by atoms with E-state index in [-0.39, 0.29) is 17.7 Å². The molecule has 4 N–H and O–H groups in total. The fourth-order valence-corrected chi connectivity index (χ4v) is 4.21. The number of aryl methyl sites for hydroxylation is 2. The van der Waals surface area contributed by atoms with E-state index in [9.17, 15) is 19.5 Å². The van der Waals surface area contributed by atoms with Crippen LogP contribution < -0.4 is 20.7 Å². The van der Waals surface area contributed by atoms with Gasteiger partial charge >= 0.3 is 0 Å². The van der Waals surface area contributed by atoms with Gasteiger partial charge in [0.15, 0.2) is 0 Å². The van der Waals surface area contributed by atoms with E-state index in [2.05, 4.69) is 16.0 Å². The largest absolute Gasteiger partial charge is 0.508 e. The van der Waals surface area contributed by atoms with Gasteiger partial charge < -0.3 is 25.8 Å². The molecule has 0 fully saturated rings. The predicted molar refractivity (Wildman–Crippen MR) is 155 cm³/mol. The van der Waals surface area contributed by atoms with Gasteiger partial charge in [-0.25, -0.2) is 0 Å². The quantitative estimate of drug-likeness (QED) is 0.233. The molecule has 0 aliphatic carbocycles. The Morgan fingerprint density at radius 1 is 0.800 bits per heavy atom. The molecular formula is C32H31N3O5. The Kier molecular flexibility index (Phi) is 8.81. The molecule has 1 atom stereocenters. The molecule has 0 saturated carbocycles. The summed E-state index contributed by atoms with van der Waals surface area (Å²) in [5.41, 5.74) is 4.27. The number of hydrogen-bond acceptors (Lipinski definition) is 5. The summed E-state index contributed by atoms with van der Waals surface area (Å²) in [6, 6.07) is 24.4. The Bertz CT molecular complexity index is 1510. The number of phenols is 1. The lowest BCUT2D eigenvalue weighted by Crippen LogP contribution is -2.45. The molecule has 4 aromatic carbocycles. The molecule has 0 radical (unpaired) electrons. The monoisotopic (exact) mass is 537 g/mol. The normalized spacial score (nSPS) is 11.3. The van der Waals surface area contributed by atoms with Gasteiger partial charge in [-0.2, -0.15) is 0 Å². The van der Waals surface area contributed by atoms with Crippen LogP contribution in [0.25, 0.3) is 0 Å². The van der Waals surface area contributed by atoms with Crippen LogP contribution in [-0.2, 0) is 11.2 Å². The number of nitrogens with one attached hydrogen (secondary N) is 3. The van der Waals surface area contributed by atoms with Gasteiger partial charge in [-0.15, -0.1) is 0 Å². The second kappa shape index (κ2) is 12.6. The number of anilines is 2. The molecule has 0 aliphatic heterocycles. The lowest BCUT2D eigenvalue weighted by molar-refractivity contribution is -0.118. The number of aromatic hydroxyl groups is 1. The maximum atomic E-state index is 13.5. The number of ether oxygens (including phenoxy) is 1. The van der Waals surface area contributed by atoms with E-state index in [0.717, 1.165) is 16.7 Å². The fourth-order valence-electron chi connectivity index (χ4n) is 4.21. The van der Waals surface area contributed by atoms with E-state index in [1.165, 1.54) is 12.1 Å². The van der Waals surface area contributed by atoms with Gasteiger partial charge in [-0.1, -0.05) is 42.0 Å². The van der Waals surface area contributed by atoms with Crippen molar-refractivity contribution < 1.29 is 24.2 Å². The summed E-state index contributed by atoms with van der Waals surface area (Å²) in [7, 11) is 1.54. The van der Waals surface area contributed by atoms with Crippen LogP contribution in [0.2, 0.25) is 0 Å². The minimum Gasteiger partial charge on any atom is -0.508 e. The lowest BCUT2D eigenvalue weighted by atomic mass is 10.0. The van der Waals surface area contributed by atoms with Gasteiger partial charge in [-0.05, 0) is 79.6 Å². The van der Waals surface area contributed by atoms with Crippen molar-refractivity contribution in [2.45, 2.75) is 26.3 Å². The van der Waals surface area contributed by atoms with Gasteiger partial charge in [0.05, 0.1) is 18.4 Å². The Morgan fingerprint density at radius 3 is 2.17 bits per heavy atom. The Labute approximate surface area is 233 Å². The van der Waals surface area contributed by atoms with Crippen molar-refractivity contribution in [1.29, 1.82) is 0 Å². The predicted octanol–water partition coefficient (Wildman–Crippen LogP) is 5.25. The summed E-state index contributed by atoms with van der Waals surface area (Å²) >= 11 is 0. The number of carbonyl (C=O) groups is 3. The summed E-state index contributed by atoms with van der Waals surface area (Å²) < 4.78 is 5.14. The van der Waals surface area contributed by atoms with Crippen LogP contribution in [-0.4, -0.2) is 36.0 Å². The summed E-state index contributed by atoms with van der Waals surface area (Å²) in [4.78, 5) is 39.8. The van der Waals surface area contributed by atoms with Gasteiger partial charge in [-0.3, -0.25) is 14.4 Å². The second-order valence-electron chi connectivity index (χ2n) is 9.43. The number of methoxy groups -OCH3 is 1. The average molecular weight is 538 g/mol. The Balaban J connectivity index is 1.56. The van der Waals surface area contributed by atoms with Crippen LogP contribution >= 0.6 is 0 Å². The number of phenolic OH excluding ortho intramolecular Hbond substituents is 1. The SMILES string of the molecule is COc1ccc(C(=O)Nc2ccccc2C(=O)N[C@H](Cc2ccc(O)cc2)C(=O)Nc2ccc(C)cc2C)cc1. The first-order valence-corrected chi connectivity index (χ1v) is 12.7. The van der Waals surface area contributed by atoms with Crippen LogP contribution in [0.3, 0.4) is 0 Å². The highest BCUT2D eigenvalue weighted by molar-refractivity contribution is 6.10. The van der Waals surface area contributed by atoms with E-state index >= 15 is 0 Å². The molecule has 3 amide bonds. The van der Waals surface area contributed by atoms with E-state index in [1.807, 2.05) is 32.0 Å². The molecule has 8 nitrogen and oxygen atoms in total. The number of hydrogen-bond donors (Lipinski definition) is 4. The molecule has 40 heavy (non-hydrogen) atoms. The summed E-state index contributed by atoms with van der Waals surface area (Å²) in [5, 5.41) is 18.2. The lowest BCUT2D eigenvalue weighted by Gasteiger charge is -2.20. The van der Waals surface area contributed by atoms with E-state index < -0.39 is 23.8 Å². The molecule has 8 heteroatoms. The van der Waals surface area contributed by atoms with E-state index in [0.29, 0.717) is 22.7 Å². The van der Waals surface area contributed by atoms with Gasteiger partial charge in [0.1, 0.15) is 17.5 Å². The smallest absolute Gasteiger partial charge is 0.255 e. The minimum absolute atomic E-state index is 0.102. The molecule has 4 aromatic rings. The van der Waals surface area contributed by atoms with Crippen molar-refractivity contribution in [2.75, 3.05) is 17.7 Å². The maximum absolute atomic E-state index is 13.5. The van der Waals surface area contributed by atoms with Gasteiger partial charge in [0.25, 0.3) is 11.8 Å². The summed E-state index contributed by atoms with van der Waals surface area (Å²) in [5.74, 6) is -0.588. The number of para-hydroxylation sites is 1.